The highest BCUT2D eigenvalue weighted by molar-refractivity contribution is 5.96. The normalized spacial score (nSPS) is 16.9. The molecule has 0 saturated carbocycles. The number of hydrogen-bond acceptors (Lipinski definition) is 11. The number of likely N-dealkylation sites (tertiary alicyclic amines) is 1. The van der Waals surface area contributed by atoms with Crippen LogP contribution in [-0.2, 0) is 28.8 Å². The molecule has 2 aliphatic heterocycles. The number of amides is 4. The minimum atomic E-state index is -1.19. The lowest BCUT2D eigenvalue weighted by Crippen LogP contribution is -2.55. The van der Waals surface area contributed by atoms with Crippen LogP contribution in [0.5, 0.6) is 5.88 Å². The molecule has 4 amide bonds. The Morgan fingerprint density at radius 2 is 1.75 bits per heavy atom. The Kier molecular flexibility index (Phi) is 12.7. The lowest BCUT2D eigenvalue weighted by Gasteiger charge is -2.35. The minimum Gasteiger partial charge on any atom is -0.481 e. The molecule has 0 radical (unpaired) electrons. The molecule has 0 spiro atoms. The van der Waals surface area contributed by atoms with E-state index in [4.69, 9.17) is 14.3 Å². The number of nitrogens with zero attached hydrogens (tertiary/aromatic N) is 5. The number of likely N-dealkylation sites (N-methyl/N-ethyl adjacent to an activating group) is 1. The molecule has 2 aliphatic rings. The van der Waals surface area contributed by atoms with Crippen molar-refractivity contribution in [1.29, 1.82) is 0 Å². The molecule has 0 aliphatic carbocycles. The van der Waals surface area contributed by atoms with E-state index in [1.54, 1.807) is 44.2 Å². The smallest absolute Gasteiger partial charge is 0.481 e. The quantitative estimate of drug-likeness (QED) is 0.236. The first-order chi connectivity index (χ1) is 23.1. The van der Waals surface area contributed by atoms with Gasteiger partial charge in [-0.1, -0.05) is 18.2 Å². The number of aliphatic carboxylic acids is 1. The summed E-state index contributed by atoms with van der Waals surface area (Å²) >= 11 is 0. The van der Waals surface area contributed by atoms with E-state index in [0.29, 0.717) is 31.6 Å². The summed E-state index contributed by atoms with van der Waals surface area (Å²) in [7, 11) is 0. The lowest BCUT2D eigenvalue weighted by atomic mass is 10.1. The monoisotopic (exact) mass is 671 g/mol. The first-order valence-electron chi connectivity index (χ1n) is 15.9. The van der Waals surface area contributed by atoms with Gasteiger partial charge in [0.15, 0.2) is 12.3 Å². The number of aromatic nitrogens is 2. The zero-order chi connectivity index (χ0) is 34.6. The van der Waals surface area contributed by atoms with Crippen molar-refractivity contribution in [1.82, 2.24) is 35.3 Å². The maximum absolute atomic E-state index is 13.5. The van der Waals surface area contributed by atoms with Crippen LogP contribution >= 0.6 is 0 Å². The van der Waals surface area contributed by atoms with Crippen molar-refractivity contribution in [3.05, 3.63) is 42.1 Å². The summed E-state index contributed by atoms with van der Waals surface area (Å²) in [5, 5.41) is 20.4. The number of carbonyl (C=O) groups is 6. The molecular formula is C31H41N7O10. The van der Waals surface area contributed by atoms with Gasteiger partial charge in [-0.2, -0.15) is 5.10 Å². The van der Waals surface area contributed by atoms with Crippen molar-refractivity contribution in [2.24, 2.45) is 0 Å². The summed E-state index contributed by atoms with van der Waals surface area (Å²) in [6.45, 7) is 4.72. The van der Waals surface area contributed by atoms with Gasteiger partial charge in [-0.05, 0) is 45.2 Å². The zero-order valence-corrected chi connectivity index (χ0v) is 27.0. The fourth-order valence-electron chi connectivity index (χ4n) is 5.41. The third kappa shape index (κ3) is 9.43. The summed E-state index contributed by atoms with van der Waals surface area (Å²) < 4.78 is 12.0. The molecule has 2 aromatic rings. The van der Waals surface area contributed by atoms with Gasteiger partial charge in [0.1, 0.15) is 12.1 Å². The van der Waals surface area contributed by atoms with Crippen LogP contribution in [0.4, 0.5) is 4.79 Å². The molecule has 2 saturated heterocycles. The van der Waals surface area contributed by atoms with Crippen LogP contribution in [0.3, 0.4) is 0 Å². The number of ether oxygens (including phenoxy) is 2. The van der Waals surface area contributed by atoms with E-state index in [9.17, 15) is 33.9 Å². The number of benzene rings is 1. The molecule has 0 bridgehead atoms. The molecule has 0 unspecified atom stereocenters. The predicted molar refractivity (Wildman–Crippen MR) is 167 cm³/mol. The van der Waals surface area contributed by atoms with E-state index < -0.39 is 48.5 Å². The van der Waals surface area contributed by atoms with E-state index >= 15 is 0 Å². The van der Waals surface area contributed by atoms with Crippen molar-refractivity contribution >= 4 is 35.8 Å². The fourth-order valence-corrected chi connectivity index (χ4v) is 5.41. The van der Waals surface area contributed by atoms with Crippen LogP contribution in [0.1, 0.15) is 50.0 Å². The van der Waals surface area contributed by atoms with Crippen LogP contribution in [-0.4, -0.2) is 130 Å². The second kappa shape index (κ2) is 17.1. The standard InChI is InChI=1S/C31H41N7O10/c1-3-32-29(43)24-11-8-14-37(24)25(39)20-47-26-19-23(34-38(26)21-9-6-5-7-10-21)28(42)33-22(12-13-27(40)41)30(44)35-15-17-36(18-16-35)48-31(45)46-4-2/h5-7,9-10,19,22,24H,3-4,8,11-18,20H2,1-2H3,(H,32,43)(H,33,42)(H,40,41)/t22-,24-/m0/s1. The van der Waals surface area contributed by atoms with Crippen molar-refractivity contribution in [3.63, 3.8) is 0 Å². The Labute approximate surface area is 277 Å². The Balaban J connectivity index is 1.47. The van der Waals surface area contributed by atoms with Gasteiger partial charge in [0, 0.05) is 38.7 Å². The largest absolute Gasteiger partial charge is 0.527 e. The van der Waals surface area contributed by atoms with Gasteiger partial charge in [0.25, 0.3) is 11.8 Å². The van der Waals surface area contributed by atoms with Crippen LogP contribution in [0.2, 0.25) is 0 Å². The fraction of sp³-hybridized carbons (Fsp3) is 0.516. The maximum atomic E-state index is 13.5. The zero-order valence-electron chi connectivity index (χ0n) is 27.0. The Bertz CT molecular complexity index is 1460. The molecule has 48 heavy (non-hydrogen) atoms. The first kappa shape index (κ1) is 35.7. The number of rotatable bonds is 14. The number of piperazine rings is 1. The van der Waals surface area contributed by atoms with Crippen molar-refractivity contribution in [2.45, 2.75) is 51.6 Å². The van der Waals surface area contributed by atoms with Gasteiger partial charge in [-0.3, -0.25) is 24.0 Å². The highest BCUT2D eigenvalue weighted by Gasteiger charge is 2.35. The average molecular weight is 672 g/mol. The summed E-state index contributed by atoms with van der Waals surface area (Å²) in [6.07, 6.45) is -0.197. The van der Waals surface area contributed by atoms with E-state index in [0.717, 1.165) is 0 Å². The second-order valence-electron chi connectivity index (χ2n) is 11.0. The molecule has 2 atom stereocenters. The summed E-state index contributed by atoms with van der Waals surface area (Å²) in [4.78, 5) is 83.6. The number of nitrogens with one attached hydrogen (secondary N) is 2. The SMILES string of the molecule is CCNC(=O)[C@@H]1CCCN1C(=O)COc1cc(C(=O)N[C@@H](CCC(=O)O)C(=O)N2CCN(OC(=O)OCC)CC2)nn1-c1ccccc1. The van der Waals surface area contributed by atoms with Gasteiger partial charge in [-0.25, -0.2) is 9.48 Å². The summed E-state index contributed by atoms with van der Waals surface area (Å²) in [5.74, 6) is -2.96. The van der Waals surface area contributed by atoms with Crippen LogP contribution in [0, 0.1) is 0 Å². The molecule has 3 N–H and O–H groups in total. The van der Waals surface area contributed by atoms with Gasteiger partial charge < -0.3 is 39.9 Å². The molecular weight excluding hydrogens is 630 g/mol. The molecule has 1 aromatic carbocycles. The Hall–Kier alpha value is -5.19. The van der Waals surface area contributed by atoms with Crippen LogP contribution in [0.15, 0.2) is 36.4 Å². The Morgan fingerprint density at radius 3 is 2.42 bits per heavy atom. The van der Waals surface area contributed by atoms with Crippen molar-refractivity contribution in [2.75, 3.05) is 52.5 Å². The molecule has 1 aromatic heterocycles. The van der Waals surface area contributed by atoms with E-state index in [1.807, 2.05) is 0 Å². The highest BCUT2D eigenvalue weighted by atomic mass is 16.8. The van der Waals surface area contributed by atoms with Crippen LogP contribution in [0.25, 0.3) is 5.69 Å². The molecule has 17 heteroatoms. The number of para-hydroxylation sites is 1. The third-order valence-electron chi connectivity index (χ3n) is 7.75. The van der Waals surface area contributed by atoms with Crippen molar-refractivity contribution < 1.29 is 48.2 Å². The van der Waals surface area contributed by atoms with Crippen LogP contribution < -0.4 is 15.4 Å². The van der Waals surface area contributed by atoms with Crippen molar-refractivity contribution in [3.8, 4) is 11.6 Å². The van der Waals surface area contributed by atoms with E-state index in [-0.39, 0.29) is 63.1 Å². The highest BCUT2D eigenvalue weighted by Crippen LogP contribution is 2.22. The van der Waals surface area contributed by atoms with Gasteiger partial charge in [-0.15, -0.1) is 5.06 Å². The molecule has 4 rings (SSSR count). The minimum absolute atomic E-state index is 0.0691. The molecule has 2 fully saturated rings. The number of hydroxylamine groups is 2. The summed E-state index contributed by atoms with van der Waals surface area (Å²) in [5.41, 5.74) is 0.394. The summed E-state index contributed by atoms with van der Waals surface area (Å²) in [6, 6.07) is 8.29. The van der Waals surface area contributed by atoms with E-state index in [1.165, 1.54) is 25.6 Å². The second-order valence-corrected chi connectivity index (χ2v) is 11.0. The Morgan fingerprint density at radius 1 is 1.02 bits per heavy atom. The number of carboxylic acids is 1. The lowest BCUT2D eigenvalue weighted by molar-refractivity contribution is -0.157. The topological polar surface area (TPSA) is 202 Å². The number of hydrogen-bond donors (Lipinski definition) is 3. The maximum Gasteiger partial charge on any atom is 0.527 e. The number of carbonyl (C=O) groups excluding carboxylic acids is 5. The number of carboxylic acid groups (broad SMARTS) is 1. The average Bonchev–Trinajstić information content (AvgIpc) is 3.74. The molecule has 17 nitrogen and oxygen atoms in total. The van der Waals surface area contributed by atoms with E-state index in [2.05, 4.69) is 15.7 Å². The third-order valence-corrected chi connectivity index (χ3v) is 7.75. The predicted octanol–water partition coefficient (Wildman–Crippen LogP) is 0.574. The molecule has 3 heterocycles. The van der Waals surface area contributed by atoms with Gasteiger partial charge in [0.05, 0.1) is 25.4 Å². The first-order valence-corrected chi connectivity index (χ1v) is 15.9. The van der Waals surface area contributed by atoms with Gasteiger partial charge >= 0.3 is 12.1 Å². The van der Waals surface area contributed by atoms with Gasteiger partial charge in [0.2, 0.25) is 17.7 Å². The molecule has 260 valence electrons.